The molecule has 0 fully saturated rings. The third kappa shape index (κ3) is 6.35. The van der Waals surface area contributed by atoms with E-state index in [4.69, 9.17) is 0 Å². The molecule has 0 unspecified atom stereocenters. The minimum Gasteiger partial charge on any atom is -0.480 e. The van der Waals surface area contributed by atoms with Crippen LogP contribution in [0, 0.1) is 5.92 Å². The van der Waals surface area contributed by atoms with Gasteiger partial charge in [-0.1, -0.05) is 80.6 Å². The van der Waals surface area contributed by atoms with E-state index in [9.17, 15) is 29.4 Å². The fourth-order valence-corrected chi connectivity index (χ4v) is 3.88. The minimum absolute atomic E-state index is 0.0394. The zero-order chi connectivity index (χ0) is 26.2. The van der Waals surface area contributed by atoms with Crippen molar-refractivity contribution in [2.24, 2.45) is 5.92 Å². The summed E-state index contributed by atoms with van der Waals surface area (Å²) in [5.41, 5.74) is 1.77. The number of benzene rings is 3. The van der Waals surface area contributed by atoms with Crippen molar-refractivity contribution in [1.82, 2.24) is 10.6 Å². The van der Waals surface area contributed by atoms with E-state index in [1.807, 2.05) is 6.07 Å². The van der Waals surface area contributed by atoms with Crippen LogP contribution in [-0.2, 0) is 16.0 Å². The fourth-order valence-electron chi connectivity index (χ4n) is 3.88. The van der Waals surface area contributed by atoms with Gasteiger partial charge in [0.25, 0.3) is 5.91 Å². The first kappa shape index (κ1) is 26.2. The molecule has 4 N–H and O–H groups in total. The second-order valence-electron chi connectivity index (χ2n) is 8.68. The Morgan fingerprint density at radius 3 is 1.81 bits per heavy atom. The van der Waals surface area contributed by atoms with Crippen molar-refractivity contribution < 1.29 is 29.4 Å². The second kappa shape index (κ2) is 11.8. The van der Waals surface area contributed by atoms with E-state index in [0.717, 1.165) is 5.56 Å². The van der Waals surface area contributed by atoms with E-state index in [-0.39, 0.29) is 23.5 Å². The Hall–Kier alpha value is -4.46. The Balaban J connectivity index is 1.95. The van der Waals surface area contributed by atoms with Crippen LogP contribution in [0.4, 0.5) is 0 Å². The van der Waals surface area contributed by atoms with E-state index < -0.39 is 35.8 Å². The van der Waals surface area contributed by atoms with Crippen LogP contribution >= 0.6 is 0 Å². The topological polar surface area (TPSA) is 133 Å². The summed E-state index contributed by atoms with van der Waals surface area (Å²) in [5.74, 6) is -3.88. The summed E-state index contributed by atoms with van der Waals surface area (Å²) < 4.78 is 0. The number of amides is 2. The molecular formula is C28H28N2O6. The van der Waals surface area contributed by atoms with Gasteiger partial charge in [0.05, 0.1) is 5.56 Å². The summed E-state index contributed by atoms with van der Waals surface area (Å²) in [4.78, 5) is 50.0. The molecule has 8 nitrogen and oxygen atoms in total. The molecule has 2 amide bonds. The predicted octanol–water partition coefficient (Wildman–Crippen LogP) is 3.62. The van der Waals surface area contributed by atoms with Gasteiger partial charge < -0.3 is 20.8 Å². The van der Waals surface area contributed by atoms with Crippen LogP contribution in [0.5, 0.6) is 0 Å². The largest absolute Gasteiger partial charge is 0.480 e. The molecule has 0 spiro atoms. The second-order valence-corrected chi connectivity index (χ2v) is 8.68. The Bertz CT molecular complexity index is 1260. The molecule has 0 heterocycles. The molecule has 0 aromatic heterocycles. The van der Waals surface area contributed by atoms with E-state index in [2.05, 4.69) is 10.6 Å². The lowest BCUT2D eigenvalue weighted by Gasteiger charge is -2.24. The molecule has 0 saturated carbocycles. The third-order valence-electron chi connectivity index (χ3n) is 5.75. The van der Waals surface area contributed by atoms with Crippen molar-refractivity contribution in [3.05, 3.63) is 95.6 Å². The predicted molar refractivity (Wildman–Crippen MR) is 135 cm³/mol. The summed E-state index contributed by atoms with van der Waals surface area (Å²) in [6.07, 6.45) is 0.136. The zero-order valence-corrected chi connectivity index (χ0v) is 20.0. The van der Waals surface area contributed by atoms with Crippen molar-refractivity contribution in [3.63, 3.8) is 0 Å². The smallest absolute Gasteiger partial charge is 0.336 e. The molecule has 0 bridgehead atoms. The molecule has 0 aliphatic rings. The molecule has 0 aliphatic heterocycles. The first-order chi connectivity index (χ1) is 17.2. The zero-order valence-electron chi connectivity index (χ0n) is 20.0. The molecule has 36 heavy (non-hydrogen) atoms. The molecule has 8 heteroatoms. The quantitative estimate of drug-likeness (QED) is 0.345. The average Bonchev–Trinajstić information content (AvgIpc) is 2.86. The van der Waals surface area contributed by atoms with E-state index >= 15 is 0 Å². The van der Waals surface area contributed by atoms with Gasteiger partial charge in [-0.15, -0.1) is 0 Å². The number of nitrogens with one attached hydrogen (secondary N) is 2. The molecule has 186 valence electrons. The normalized spacial score (nSPS) is 12.4. The number of aliphatic carboxylic acids is 1. The monoisotopic (exact) mass is 488 g/mol. The first-order valence-corrected chi connectivity index (χ1v) is 11.5. The molecule has 0 aliphatic carbocycles. The van der Waals surface area contributed by atoms with Crippen LogP contribution in [0.3, 0.4) is 0 Å². The van der Waals surface area contributed by atoms with Gasteiger partial charge in [-0.2, -0.15) is 0 Å². The number of rotatable bonds is 10. The average molecular weight is 489 g/mol. The molecule has 3 aromatic rings. The number of carbonyl (C=O) groups excluding carboxylic acids is 2. The molecular weight excluding hydrogens is 460 g/mol. The molecule has 2 atom stereocenters. The lowest BCUT2D eigenvalue weighted by Crippen LogP contribution is -2.53. The Morgan fingerprint density at radius 1 is 0.722 bits per heavy atom. The van der Waals surface area contributed by atoms with Gasteiger partial charge in [0.2, 0.25) is 5.91 Å². The summed E-state index contributed by atoms with van der Waals surface area (Å²) >= 11 is 0. The van der Waals surface area contributed by atoms with E-state index in [1.54, 1.807) is 80.6 Å². The minimum atomic E-state index is -1.17. The Morgan fingerprint density at radius 2 is 1.25 bits per heavy atom. The van der Waals surface area contributed by atoms with Gasteiger partial charge in [0.15, 0.2) is 0 Å². The lowest BCUT2D eigenvalue weighted by atomic mass is 9.94. The highest BCUT2D eigenvalue weighted by Crippen LogP contribution is 2.27. The van der Waals surface area contributed by atoms with Crippen molar-refractivity contribution in [3.8, 4) is 11.1 Å². The molecule has 0 saturated heterocycles. The Kier molecular flexibility index (Phi) is 8.57. The first-order valence-electron chi connectivity index (χ1n) is 11.5. The van der Waals surface area contributed by atoms with Crippen LogP contribution in [0.1, 0.15) is 40.1 Å². The standard InChI is InChI=1S/C28H28N2O6/c1-17(2)24(28(35)36)30-26(32)23(16-18-10-4-3-5-11-18)29-25(31)21-14-8-6-12-19(21)20-13-7-9-15-22(20)27(33)34/h3-15,17,23-24H,16H2,1-2H3,(H,29,31)(H,30,32)(H,33,34)(H,35,36)/t23-,24-/m0/s1. The summed E-state index contributed by atoms with van der Waals surface area (Å²) in [7, 11) is 0. The van der Waals surface area contributed by atoms with Crippen LogP contribution in [0.25, 0.3) is 11.1 Å². The number of hydrogen-bond acceptors (Lipinski definition) is 4. The number of carboxylic acids is 2. The third-order valence-corrected chi connectivity index (χ3v) is 5.75. The highest BCUT2D eigenvalue weighted by molar-refractivity contribution is 6.06. The van der Waals surface area contributed by atoms with Gasteiger partial charge in [-0.3, -0.25) is 9.59 Å². The maximum absolute atomic E-state index is 13.4. The summed E-state index contributed by atoms with van der Waals surface area (Å²) in [6, 6.07) is 19.7. The highest BCUT2D eigenvalue weighted by atomic mass is 16.4. The van der Waals surface area contributed by atoms with E-state index in [0.29, 0.717) is 11.1 Å². The van der Waals surface area contributed by atoms with E-state index in [1.165, 1.54) is 6.07 Å². The van der Waals surface area contributed by atoms with Crippen LogP contribution < -0.4 is 10.6 Å². The van der Waals surface area contributed by atoms with Crippen LogP contribution in [-0.4, -0.2) is 46.0 Å². The maximum Gasteiger partial charge on any atom is 0.336 e. The number of carbonyl (C=O) groups is 4. The van der Waals surface area contributed by atoms with Crippen molar-refractivity contribution in [2.75, 3.05) is 0 Å². The van der Waals surface area contributed by atoms with Gasteiger partial charge in [-0.25, -0.2) is 9.59 Å². The van der Waals surface area contributed by atoms with Crippen molar-refractivity contribution >= 4 is 23.8 Å². The van der Waals surface area contributed by atoms with Crippen LogP contribution in [0.2, 0.25) is 0 Å². The summed E-state index contributed by atoms with van der Waals surface area (Å²) in [5, 5.41) is 24.4. The SMILES string of the molecule is CC(C)[C@H](NC(=O)[C@H](Cc1ccccc1)NC(=O)c1ccccc1-c1ccccc1C(=O)O)C(=O)O. The summed E-state index contributed by atoms with van der Waals surface area (Å²) in [6.45, 7) is 3.36. The maximum atomic E-state index is 13.4. The lowest BCUT2D eigenvalue weighted by molar-refractivity contribution is -0.143. The molecule has 3 rings (SSSR count). The van der Waals surface area contributed by atoms with Gasteiger partial charge in [0.1, 0.15) is 12.1 Å². The van der Waals surface area contributed by atoms with Gasteiger partial charge in [0, 0.05) is 12.0 Å². The number of aromatic carboxylic acids is 1. The number of carboxylic acid groups (broad SMARTS) is 2. The molecule has 3 aromatic carbocycles. The fraction of sp³-hybridized carbons (Fsp3) is 0.214. The van der Waals surface area contributed by atoms with Crippen molar-refractivity contribution in [2.45, 2.75) is 32.4 Å². The van der Waals surface area contributed by atoms with Crippen molar-refractivity contribution in [1.29, 1.82) is 0 Å². The number of hydrogen-bond donors (Lipinski definition) is 4. The van der Waals surface area contributed by atoms with Gasteiger partial charge >= 0.3 is 11.9 Å². The van der Waals surface area contributed by atoms with Gasteiger partial charge in [-0.05, 0) is 34.7 Å². The Labute approximate surface area is 209 Å². The highest BCUT2D eigenvalue weighted by Gasteiger charge is 2.29. The molecule has 0 radical (unpaired) electrons. The van der Waals surface area contributed by atoms with Crippen LogP contribution in [0.15, 0.2) is 78.9 Å².